The average molecular weight is 235 g/mol. The van der Waals surface area contributed by atoms with E-state index in [9.17, 15) is 13.6 Å². The molecule has 1 heterocycles. The van der Waals surface area contributed by atoms with Gasteiger partial charge in [-0.25, -0.2) is 13.6 Å². The fraction of sp³-hybridized carbons (Fsp3) is 0. The molecule has 0 unspecified atom stereocenters. The molecule has 0 aliphatic carbocycles. The number of hydrogen-bond acceptors (Lipinski definition) is 2. The van der Waals surface area contributed by atoms with E-state index in [1.165, 1.54) is 18.3 Å². The number of carbonyl (C=O) groups is 1. The quantitative estimate of drug-likeness (QED) is 0.870. The first-order valence-electron chi connectivity index (χ1n) is 4.73. The largest absolute Gasteiger partial charge is 0.478 e. The average Bonchev–Trinajstić information content (AvgIpc) is 2.29. The van der Waals surface area contributed by atoms with Gasteiger partial charge in [-0.1, -0.05) is 6.07 Å². The summed E-state index contributed by atoms with van der Waals surface area (Å²) in [6.07, 6.45) is 2.34. The van der Waals surface area contributed by atoms with Gasteiger partial charge in [0, 0.05) is 18.0 Å². The van der Waals surface area contributed by atoms with Gasteiger partial charge in [0.05, 0.1) is 11.1 Å². The number of hydrogen-bond donors (Lipinski definition) is 1. The Balaban J connectivity index is 2.73. The van der Waals surface area contributed by atoms with E-state index in [4.69, 9.17) is 5.11 Å². The summed E-state index contributed by atoms with van der Waals surface area (Å²) in [5.41, 5.74) is -0.619. The maximum absolute atomic E-state index is 13.5. The molecular formula is C12H7F2NO2. The van der Waals surface area contributed by atoms with Gasteiger partial charge in [-0.15, -0.1) is 0 Å². The van der Waals surface area contributed by atoms with E-state index in [1.807, 2.05) is 0 Å². The number of aromatic nitrogens is 1. The highest BCUT2D eigenvalue weighted by molar-refractivity contribution is 5.95. The lowest BCUT2D eigenvalue weighted by atomic mass is 10.0. The number of rotatable bonds is 2. The molecule has 1 N–H and O–H groups in total. The molecule has 0 saturated carbocycles. The van der Waals surface area contributed by atoms with E-state index in [2.05, 4.69) is 4.98 Å². The lowest BCUT2D eigenvalue weighted by Crippen LogP contribution is -2.02. The van der Waals surface area contributed by atoms with Gasteiger partial charge >= 0.3 is 5.97 Å². The number of nitrogens with zero attached hydrogens (tertiary/aromatic N) is 1. The second-order valence-electron chi connectivity index (χ2n) is 3.32. The fourth-order valence-corrected chi connectivity index (χ4v) is 1.54. The highest BCUT2D eigenvalue weighted by atomic mass is 19.1. The molecule has 0 aliphatic rings. The Morgan fingerprint density at radius 3 is 2.41 bits per heavy atom. The van der Waals surface area contributed by atoms with E-state index >= 15 is 0 Å². The summed E-state index contributed by atoms with van der Waals surface area (Å²) in [5, 5.41) is 8.92. The summed E-state index contributed by atoms with van der Waals surface area (Å²) in [6.45, 7) is 0. The first-order valence-corrected chi connectivity index (χ1v) is 4.73. The van der Waals surface area contributed by atoms with E-state index in [0.717, 1.165) is 18.3 Å². The van der Waals surface area contributed by atoms with Gasteiger partial charge in [0.25, 0.3) is 0 Å². The van der Waals surface area contributed by atoms with Crippen LogP contribution in [0.1, 0.15) is 10.4 Å². The number of halogens is 2. The smallest absolute Gasteiger partial charge is 0.337 e. The second kappa shape index (κ2) is 4.29. The lowest BCUT2D eigenvalue weighted by Gasteiger charge is -2.07. The van der Waals surface area contributed by atoms with Crippen LogP contribution < -0.4 is 0 Å². The molecule has 86 valence electrons. The van der Waals surface area contributed by atoms with Gasteiger partial charge in [0.2, 0.25) is 0 Å². The molecule has 2 rings (SSSR count). The van der Waals surface area contributed by atoms with Crippen LogP contribution in [0.4, 0.5) is 8.78 Å². The minimum absolute atomic E-state index is 0.0249. The van der Waals surface area contributed by atoms with E-state index in [-0.39, 0.29) is 16.7 Å². The van der Waals surface area contributed by atoms with Crippen LogP contribution in [0.5, 0.6) is 0 Å². The number of carboxylic acids is 1. The van der Waals surface area contributed by atoms with E-state index in [1.54, 1.807) is 0 Å². The van der Waals surface area contributed by atoms with Gasteiger partial charge in [-0.05, 0) is 18.2 Å². The Morgan fingerprint density at radius 2 is 1.82 bits per heavy atom. The van der Waals surface area contributed by atoms with Crippen molar-refractivity contribution >= 4 is 5.97 Å². The Bertz CT molecular complexity index is 564. The number of carboxylic acid groups (broad SMARTS) is 1. The third-order valence-electron chi connectivity index (χ3n) is 2.28. The molecule has 0 radical (unpaired) electrons. The van der Waals surface area contributed by atoms with Crippen molar-refractivity contribution in [2.45, 2.75) is 0 Å². The van der Waals surface area contributed by atoms with Crippen molar-refractivity contribution in [2.24, 2.45) is 0 Å². The van der Waals surface area contributed by atoms with Crippen molar-refractivity contribution in [3.63, 3.8) is 0 Å². The highest BCUT2D eigenvalue weighted by Gasteiger charge is 2.17. The standard InChI is InChI=1S/C12H7F2NO2/c13-9-2-1-3-10(14)11(9)7-4-5-15-6-8(7)12(16)17/h1-6H,(H,16,17). The summed E-state index contributed by atoms with van der Waals surface area (Å²) in [5.74, 6) is -2.90. The van der Waals surface area contributed by atoms with Crippen molar-refractivity contribution in [1.29, 1.82) is 0 Å². The maximum Gasteiger partial charge on any atom is 0.337 e. The van der Waals surface area contributed by atoms with Crippen LogP contribution in [0, 0.1) is 11.6 Å². The molecule has 0 aliphatic heterocycles. The summed E-state index contributed by atoms with van der Waals surface area (Å²) in [4.78, 5) is 14.6. The molecule has 0 spiro atoms. The summed E-state index contributed by atoms with van der Waals surface area (Å²) in [6, 6.07) is 4.63. The molecule has 17 heavy (non-hydrogen) atoms. The zero-order chi connectivity index (χ0) is 12.4. The van der Waals surface area contributed by atoms with Crippen LogP contribution >= 0.6 is 0 Å². The van der Waals surface area contributed by atoms with E-state index < -0.39 is 17.6 Å². The van der Waals surface area contributed by atoms with Gasteiger partial charge in [-0.2, -0.15) is 0 Å². The number of benzene rings is 1. The zero-order valence-electron chi connectivity index (χ0n) is 8.52. The predicted octanol–water partition coefficient (Wildman–Crippen LogP) is 2.73. The normalized spacial score (nSPS) is 10.2. The Hall–Kier alpha value is -2.30. The fourth-order valence-electron chi connectivity index (χ4n) is 1.54. The molecule has 1 aromatic carbocycles. The first kappa shape index (κ1) is 11.2. The molecule has 0 fully saturated rings. The van der Waals surface area contributed by atoms with E-state index in [0.29, 0.717) is 0 Å². The first-order chi connectivity index (χ1) is 8.11. The zero-order valence-corrected chi connectivity index (χ0v) is 8.52. The van der Waals surface area contributed by atoms with Crippen LogP contribution in [-0.4, -0.2) is 16.1 Å². The van der Waals surface area contributed by atoms with Crippen LogP contribution in [0.3, 0.4) is 0 Å². The second-order valence-corrected chi connectivity index (χ2v) is 3.32. The molecule has 2 aromatic rings. The summed E-state index contributed by atoms with van der Waals surface area (Å²) in [7, 11) is 0. The topological polar surface area (TPSA) is 50.2 Å². The lowest BCUT2D eigenvalue weighted by molar-refractivity contribution is 0.0697. The maximum atomic E-state index is 13.5. The third kappa shape index (κ3) is 1.99. The minimum Gasteiger partial charge on any atom is -0.478 e. The molecular weight excluding hydrogens is 228 g/mol. The van der Waals surface area contributed by atoms with Crippen LogP contribution in [0.25, 0.3) is 11.1 Å². The van der Waals surface area contributed by atoms with Crippen molar-refractivity contribution < 1.29 is 18.7 Å². The monoisotopic (exact) mass is 235 g/mol. The van der Waals surface area contributed by atoms with Crippen molar-refractivity contribution in [2.75, 3.05) is 0 Å². The highest BCUT2D eigenvalue weighted by Crippen LogP contribution is 2.28. The minimum atomic E-state index is -1.28. The van der Waals surface area contributed by atoms with Gasteiger partial charge in [0.15, 0.2) is 0 Å². The van der Waals surface area contributed by atoms with Crippen molar-refractivity contribution in [3.8, 4) is 11.1 Å². The predicted molar refractivity (Wildman–Crippen MR) is 56.5 cm³/mol. The Morgan fingerprint density at radius 1 is 1.18 bits per heavy atom. The molecule has 0 bridgehead atoms. The number of pyridine rings is 1. The molecule has 1 aromatic heterocycles. The van der Waals surface area contributed by atoms with Crippen molar-refractivity contribution in [1.82, 2.24) is 4.98 Å². The van der Waals surface area contributed by atoms with Gasteiger partial charge in [0.1, 0.15) is 11.6 Å². The van der Waals surface area contributed by atoms with Crippen LogP contribution in [0.2, 0.25) is 0 Å². The Kier molecular flexibility index (Phi) is 2.82. The van der Waals surface area contributed by atoms with Crippen LogP contribution in [0.15, 0.2) is 36.7 Å². The van der Waals surface area contributed by atoms with Crippen LogP contribution in [-0.2, 0) is 0 Å². The summed E-state index contributed by atoms with van der Waals surface area (Å²) < 4.78 is 27.1. The molecule has 5 heteroatoms. The Labute approximate surface area is 95.4 Å². The van der Waals surface area contributed by atoms with Crippen molar-refractivity contribution in [3.05, 3.63) is 53.9 Å². The van der Waals surface area contributed by atoms with Gasteiger partial charge < -0.3 is 5.11 Å². The molecule has 0 saturated heterocycles. The summed E-state index contributed by atoms with van der Waals surface area (Å²) >= 11 is 0. The third-order valence-corrected chi connectivity index (χ3v) is 2.28. The number of aromatic carboxylic acids is 1. The molecule has 3 nitrogen and oxygen atoms in total. The molecule has 0 atom stereocenters. The molecule has 0 amide bonds. The van der Waals surface area contributed by atoms with Gasteiger partial charge in [-0.3, -0.25) is 4.98 Å². The SMILES string of the molecule is O=C(O)c1cnccc1-c1c(F)cccc1F.